The Morgan fingerprint density at radius 1 is 1.18 bits per heavy atom. The van der Waals surface area contributed by atoms with Crippen LogP contribution in [-0.2, 0) is 18.4 Å². The third-order valence-electron chi connectivity index (χ3n) is 5.45. The Morgan fingerprint density at radius 2 is 1.82 bits per heavy atom. The molecule has 4 rings (SSSR count). The van der Waals surface area contributed by atoms with E-state index in [1.807, 2.05) is 4.57 Å². The number of carbonyl (C=O) groups excluding carboxylic acids is 1. The summed E-state index contributed by atoms with van der Waals surface area (Å²) in [5, 5.41) is 10.4. The van der Waals surface area contributed by atoms with Crippen LogP contribution in [0.5, 0.6) is 11.8 Å². The van der Waals surface area contributed by atoms with Gasteiger partial charge in [0, 0.05) is 33.2 Å². The first-order valence-electron chi connectivity index (χ1n) is 11.4. The van der Waals surface area contributed by atoms with Crippen LogP contribution in [-0.4, -0.2) is 68.3 Å². The molecule has 3 aromatic rings. The van der Waals surface area contributed by atoms with Crippen LogP contribution < -0.4 is 20.5 Å². The zero-order valence-electron chi connectivity index (χ0n) is 20.8. The summed E-state index contributed by atoms with van der Waals surface area (Å²) in [6.07, 6.45) is -5.08. The summed E-state index contributed by atoms with van der Waals surface area (Å²) in [6, 6.07) is 6.95. The number of imidazole rings is 1. The van der Waals surface area contributed by atoms with Crippen LogP contribution >= 0.6 is 0 Å². The van der Waals surface area contributed by atoms with Crippen LogP contribution in [0.25, 0.3) is 11.2 Å². The number of para-hydroxylation sites is 1. The van der Waals surface area contributed by atoms with Crippen LogP contribution in [0.15, 0.2) is 29.1 Å². The van der Waals surface area contributed by atoms with Crippen LogP contribution in [0.4, 0.5) is 19.1 Å². The third-order valence-corrected chi connectivity index (χ3v) is 5.45. The molecule has 0 bridgehead atoms. The van der Waals surface area contributed by atoms with Gasteiger partial charge in [-0.3, -0.25) is 18.7 Å². The molecule has 3 heterocycles. The predicted molar refractivity (Wildman–Crippen MR) is 132 cm³/mol. The SMILES string of the molecule is CC#CCn1c(N2CCNCC2)nc2nc(Oc3ccccc3C(C)=O)n(C)c(=O)c21.O=C(O)C(F)(F)F. The minimum Gasteiger partial charge on any atom is -0.475 e. The Balaban J connectivity index is 0.000000505. The van der Waals surface area contributed by atoms with Crippen molar-refractivity contribution in [2.75, 3.05) is 31.1 Å². The highest BCUT2D eigenvalue weighted by atomic mass is 19.4. The second-order valence-corrected chi connectivity index (χ2v) is 8.05. The number of piperazine rings is 1. The number of ether oxygens (including phenoxy) is 1. The molecule has 1 saturated heterocycles. The molecule has 1 fully saturated rings. The Kier molecular flexibility index (Phi) is 8.74. The summed E-state index contributed by atoms with van der Waals surface area (Å²) < 4.78 is 40.8. The van der Waals surface area contributed by atoms with Crippen molar-refractivity contribution in [2.45, 2.75) is 26.6 Å². The third kappa shape index (κ3) is 6.30. The van der Waals surface area contributed by atoms with Crippen molar-refractivity contribution in [3.63, 3.8) is 0 Å². The van der Waals surface area contributed by atoms with Crippen molar-refractivity contribution in [1.29, 1.82) is 0 Å². The molecular weight excluding hydrogens is 509 g/mol. The molecule has 0 unspecified atom stereocenters. The van der Waals surface area contributed by atoms with Crippen molar-refractivity contribution < 1.29 is 32.6 Å². The topological polar surface area (TPSA) is 132 Å². The number of alkyl halides is 3. The number of carboxylic acid groups (broad SMARTS) is 1. The number of hydrogen-bond donors (Lipinski definition) is 2. The molecule has 0 atom stereocenters. The van der Waals surface area contributed by atoms with Gasteiger partial charge in [0.2, 0.25) is 5.95 Å². The summed E-state index contributed by atoms with van der Waals surface area (Å²) in [4.78, 5) is 45.4. The lowest BCUT2D eigenvalue weighted by Gasteiger charge is -2.28. The Bertz CT molecular complexity index is 1460. The van der Waals surface area contributed by atoms with E-state index in [1.54, 1.807) is 38.2 Å². The molecule has 0 radical (unpaired) electrons. The fraction of sp³-hybridized carbons (Fsp3) is 0.375. The average Bonchev–Trinajstić information content (AvgIpc) is 3.24. The molecule has 0 amide bonds. The smallest absolute Gasteiger partial charge is 0.475 e. The van der Waals surface area contributed by atoms with Crippen LogP contribution in [0.3, 0.4) is 0 Å². The molecule has 0 spiro atoms. The largest absolute Gasteiger partial charge is 0.490 e. The molecule has 202 valence electrons. The summed E-state index contributed by atoms with van der Waals surface area (Å²) in [6.45, 7) is 6.80. The van der Waals surface area contributed by atoms with Gasteiger partial charge in [0.15, 0.2) is 16.9 Å². The molecule has 38 heavy (non-hydrogen) atoms. The molecule has 1 aliphatic rings. The van der Waals surface area contributed by atoms with Gasteiger partial charge < -0.3 is 20.1 Å². The highest BCUT2D eigenvalue weighted by Crippen LogP contribution is 2.26. The van der Waals surface area contributed by atoms with E-state index in [-0.39, 0.29) is 17.4 Å². The van der Waals surface area contributed by atoms with Gasteiger partial charge >= 0.3 is 18.2 Å². The molecule has 1 aromatic carbocycles. The van der Waals surface area contributed by atoms with Gasteiger partial charge in [0.1, 0.15) is 5.75 Å². The molecule has 11 nitrogen and oxygen atoms in total. The van der Waals surface area contributed by atoms with Crippen molar-refractivity contribution in [3.05, 3.63) is 40.2 Å². The standard InChI is InChI=1S/C22H24N6O3.C2HF3O2/c1-4-5-12-28-18-19(24-21(28)27-13-10-23-11-14-27)25-22(26(3)20(18)30)31-17-9-7-6-8-16(17)15(2)29;3-2(4,5)1(6)7/h6-9,23H,10-14H2,1-3H3;(H,6,7). The van der Waals surface area contributed by atoms with E-state index in [9.17, 15) is 22.8 Å². The fourth-order valence-electron chi connectivity index (χ4n) is 3.58. The number of anilines is 1. The lowest BCUT2D eigenvalue weighted by molar-refractivity contribution is -0.192. The molecule has 0 saturated carbocycles. The number of carboxylic acids is 1. The molecular formula is C24H25F3N6O5. The van der Waals surface area contributed by atoms with Crippen LogP contribution in [0.2, 0.25) is 0 Å². The second-order valence-electron chi connectivity index (χ2n) is 8.05. The molecule has 2 aromatic heterocycles. The number of ketones is 1. The van der Waals surface area contributed by atoms with Crippen LogP contribution in [0, 0.1) is 11.8 Å². The highest BCUT2D eigenvalue weighted by molar-refractivity contribution is 5.96. The lowest BCUT2D eigenvalue weighted by Crippen LogP contribution is -2.44. The Morgan fingerprint density at radius 3 is 2.39 bits per heavy atom. The van der Waals surface area contributed by atoms with Gasteiger partial charge in [-0.2, -0.15) is 23.1 Å². The fourth-order valence-corrected chi connectivity index (χ4v) is 3.58. The van der Waals surface area contributed by atoms with Crippen molar-refractivity contribution in [1.82, 2.24) is 24.4 Å². The first-order valence-corrected chi connectivity index (χ1v) is 11.4. The maximum atomic E-state index is 13.3. The van der Waals surface area contributed by atoms with E-state index in [2.05, 4.69) is 32.0 Å². The number of nitrogens with one attached hydrogen (secondary N) is 1. The van der Waals surface area contributed by atoms with Gasteiger partial charge in [-0.05, 0) is 26.0 Å². The van der Waals surface area contributed by atoms with Gasteiger partial charge in [-0.1, -0.05) is 18.1 Å². The summed E-state index contributed by atoms with van der Waals surface area (Å²) >= 11 is 0. The minimum absolute atomic E-state index is 0.0734. The number of rotatable bonds is 5. The number of carbonyl (C=O) groups is 2. The number of halogens is 3. The van der Waals surface area contributed by atoms with E-state index >= 15 is 0 Å². The van der Waals surface area contributed by atoms with Crippen LogP contribution in [0.1, 0.15) is 24.2 Å². The number of benzene rings is 1. The number of fused-ring (bicyclic) bond motifs is 1. The van der Waals surface area contributed by atoms with Crippen molar-refractivity contribution in [3.8, 4) is 23.6 Å². The zero-order chi connectivity index (χ0) is 28.0. The molecule has 0 aliphatic carbocycles. The van der Waals surface area contributed by atoms with E-state index < -0.39 is 12.1 Å². The minimum atomic E-state index is -5.08. The summed E-state index contributed by atoms with van der Waals surface area (Å²) in [7, 11) is 1.59. The number of hydrogen-bond acceptors (Lipinski definition) is 8. The maximum Gasteiger partial charge on any atom is 0.490 e. The van der Waals surface area contributed by atoms with Crippen molar-refractivity contribution >= 4 is 28.9 Å². The van der Waals surface area contributed by atoms with Crippen molar-refractivity contribution in [2.24, 2.45) is 7.05 Å². The molecule has 14 heteroatoms. The van der Waals surface area contributed by atoms with E-state index in [0.29, 0.717) is 35.0 Å². The normalized spacial score (nSPS) is 13.3. The first-order chi connectivity index (χ1) is 18.0. The van der Waals surface area contributed by atoms with Gasteiger partial charge in [0.05, 0.1) is 12.1 Å². The van der Waals surface area contributed by atoms with Gasteiger partial charge in [-0.15, -0.1) is 5.92 Å². The van der Waals surface area contributed by atoms with Gasteiger partial charge in [0.25, 0.3) is 5.56 Å². The number of Topliss-reactive ketones (excluding diaryl/α,β-unsaturated/α-hetero) is 1. The zero-order valence-corrected chi connectivity index (χ0v) is 20.8. The highest BCUT2D eigenvalue weighted by Gasteiger charge is 2.38. The number of aliphatic carboxylic acids is 1. The first kappa shape index (κ1) is 28.2. The van der Waals surface area contributed by atoms with Gasteiger partial charge in [-0.25, -0.2) is 4.79 Å². The maximum absolute atomic E-state index is 13.3. The predicted octanol–water partition coefficient (Wildman–Crippen LogP) is 2.19. The quantitative estimate of drug-likeness (QED) is 0.374. The summed E-state index contributed by atoms with van der Waals surface area (Å²) in [5.41, 5.74) is 0.810. The number of aromatic nitrogens is 4. The molecule has 2 N–H and O–H groups in total. The number of nitrogens with zero attached hydrogens (tertiary/aromatic N) is 5. The monoisotopic (exact) mass is 534 g/mol. The lowest BCUT2D eigenvalue weighted by atomic mass is 10.1. The Hall–Kier alpha value is -4.38. The van der Waals surface area contributed by atoms with E-state index in [0.717, 1.165) is 26.2 Å². The molecule has 1 aliphatic heterocycles. The Labute approximate surface area is 214 Å². The van der Waals surface area contributed by atoms with E-state index in [1.165, 1.54) is 11.5 Å². The van der Waals surface area contributed by atoms with E-state index in [4.69, 9.17) is 14.6 Å². The second kappa shape index (κ2) is 11.8. The average molecular weight is 534 g/mol. The summed E-state index contributed by atoms with van der Waals surface area (Å²) in [5.74, 6) is 4.03.